The van der Waals surface area contributed by atoms with Crippen LogP contribution in [0.25, 0.3) is 0 Å². The van der Waals surface area contributed by atoms with Crippen molar-refractivity contribution in [2.45, 2.75) is 38.8 Å². The molecule has 8 heteroatoms. The number of carboxylic acids is 1. The third kappa shape index (κ3) is 7.12. The molecule has 0 rings (SSSR count). The molecule has 5 N–H and O–H groups in total. The SMILES string of the molecule is CC(C)(C)OC(=O)NC(CC(=N)NO)C(=O)O. The van der Waals surface area contributed by atoms with Gasteiger partial charge in [-0.25, -0.2) is 9.59 Å². The van der Waals surface area contributed by atoms with Gasteiger partial charge in [0.2, 0.25) is 0 Å². The zero-order valence-electron chi connectivity index (χ0n) is 9.90. The summed E-state index contributed by atoms with van der Waals surface area (Å²) in [7, 11) is 0. The number of hydroxylamine groups is 1. The molecule has 17 heavy (non-hydrogen) atoms. The van der Waals surface area contributed by atoms with Crippen molar-refractivity contribution in [3.63, 3.8) is 0 Å². The van der Waals surface area contributed by atoms with E-state index in [0.717, 1.165) is 0 Å². The number of carboxylic acid groups (broad SMARTS) is 1. The second kappa shape index (κ2) is 6.04. The minimum absolute atomic E-state index is 0.370. The second-order valence-corrected chi connectivity index (χ2v) is 4.33. The molecule has 0 aliphatic rings. The quantitative estimate of drug-likeness (QED) is 0.276. The third-order valence-electron chi connectivity index (χ3n) is 1.53. The van der Waals surface area contributed by atoms with E-state index in [4.69, 9.17) is 20.5 Å². The second-order valence-electron chi connectivity index (χ2n) is 4.33. The van der Waals surface area contributed by atoms with Crippen molar-refractivity contribution in [3.8, 4) is 0 Å². The Morgan fingerprint density at radius 1 is 1.41 bits per heavy atom. The summed E-state index contributed by atoms with van der Waals surface area (Å²) < 4.78 is 4.87. The van der Waals surface area contributed by atoms with Gasteiger partial charge in [0.1, 0.15) is 17.5 Å². The molecule has 0 saturated heterocycles. The van der Waals surface area contributed by atoms with E-state index in [9.17, 15) is 9.59 Å². The highest BCUT2D eigenvalue weighted by atomic mass is 16.6. The number of rotatable bonds is 4. The molecule has 1 amide bonds. The van der Waals surface area contributed by atoms with Gasteiger partial charge in [0, 0.05) is 6.42 Å². The van der Waals surface area contributed by atoms with Crippen molar-refractivity contribution in [3.05, 3.63) is 0 Å². The Bertz CT molecular complexity index is 310. The summed E-state index contributed by atoms with van der Waals surface area (Å²) in [6.07, 6.45) is -1.26. The molecule has 8 nitrogen and oxygen atoms in total. The Balaban J connectivity index is 4.41. The molecule has 0 aliphatic heterocycles. The van der Waals surface area contributed by atoms with Crippen molar-refractivity contribution in [1.82, 2.24) is 10.8 Å². The molecule has 0 bridgehead atoms. The van der Waals surface area contributed by atoms with Gasteiger partial charge < -0.3 is 15.2 Å². The van der Waals surface area contributed by atoms with Gasteiger partial charge in [0.05, 0.1) is 0 Å². The van der Waals surface area contributed by atoms with Crippen LogP contribution >= 0.6 is 0 Å². The number of hydrogen-bond donors (Lipinski definition) is 5. The standard InChI is InChI=1S/C9H17N3O5/c1-9(2,3)17-8(15)11-5(7(13)14)4-6(10)12-16/h5,16H,4H2,1-3H3,(H2,10,12)(H,11,15)(H,13,14). The van der Waals surface area contributed by atoms with Gasteiger partial charge in [-0.05, 0) is 20.8 Å². The van der Waals surface area contributed by atoms with Crippen molar-refractivity contribution in [1.29, 1.82) is 5.41 Å². The van der Waals surface area contributed by atoms with Crippen LogP contribution in [-0.4, -0.2) is 39.9 Å². The average Bonchev–Trinajstić information content (AvgIpc) is 2.13. The summed E-state index contributed by atoms with van der Waals surface area (Å²) in [4.78, 5) is 22.1. The van der Waals surface area contributed by atoms with Crippen LogP contribution in [0.1, 0.15) is 27.2 Å². The lowest BCUT2D eigenvalue weighted by atomic mass is 10.2. The summed E-state index contributed by atoms with van der Waals surface area (Å²) in [5.41, 5.74) is 0.759. The monoisotopic (exact) mass is 247 g/mol. The average molecular weight is 247 g/mol. The van der Waals surface area contributed by atoms with Crippen LogP contribution in [0.5, 0.6) is 0 Å². The van der Waals surface area contributed by atoms with Crippen LogP contribution in [0.2, 0.25) is 0 Å². The lowest BCUT2D eigenvalue weighted by Gasteiger charge is -2.21. The third-order valence-corrected chi connectivity index (χ3v) is 1.53. The molecule has 0 spiro atoms. The Kier molecular flexibility index (Phi) is 5.39. The number of alkyl carbamates (subject to hydrolysis) is 1. The van der Waals surface area contributed by atoms with Crippen molar-refractivity contribution in [2.24, 2.45) is 0 Å². The van der Waals surface area contributed by atoms with E-state index in [0.29, 0.717) is 0 Å². The molecule has 1 atom stereocenters. The van der Waals surface area contributed by atoms with E-state index in [-0.39, 0.29) is 6.42 Å². The van der Waals surface area contributed by atoms with Crippen LogP contribution in [0, 0.1) is 5.41 Å². The Morgan fingerprint density at radius 2 is 1.94 bits per heavy atom. The lowest BCUT2D eigenvalue weighted by Crippen LogP contribution is -2.45. The summed E-state index contributed by atoms with van der Waals surface area (Å²) >= 11 is 0. The van der Waals surface area contributed by atoms with Gasteiger partial charge >= 0.3 is 12.1 Å². The summed E-state index contributed by atoms with van der Waals surface area (Å²) in [5, 5.41) is 26.3. The molecular weight excluding hydrogens is 230 g/mol. The van der Waals surface area contributed by atoms with Gasteiger partial charge in [-0.15, -0.1) is 0 Å². The molecular formula is C9H17N3O5. The Labute approximate surface area is 98.4 Å². The maximum atomic E-state index is 11.3. The maximum Gasteiger partial charge on any atom is 0.408 e. The number of carbonyl (C=O) groups is 2. The predicted octanol–water partition coefficient (Wildman–Crippen LogP) is 0.310. The van der Waals surface area contributed by atoms with E-state index < -0.39 is 29.5 Å². The molecule has 0 fully saturated rings. The fourth-order valence-corrected chi connectivity index (χ4v) is 0.900. The van der Waals surface area contributed by atoms with Crippen molar-refractivity contribution < 1.29 is 24.6 Å². The summed E-state index contributed by atoms with van der Waals surface area (Å²) in [6, 6.07) is -1.34. The summed E-state index contributed by atoms with van der Waals surface area (Å²) in [5.74, 6) is -1.75. The first-order valence-corrected chi connectivity index (χ1v) is 4.85. The number of carbonyl (C=O) groups excluding carboxylic acids is 1. The highest BCUT2D eigenvalue weighted by Crippen LogP contribution is 2.07. The van der Waals surface area contributed by atoms with Crippen LogP contribution in [0.4, 0.5) is 4.79 Å². The predicted molar refractivity (Wildman–Crippen MR) is 58.1 cm³/mol. The molecule has 0 aliphatic carbocycles. The number of amides is 1. The van der Waals surface area contributed by atoms with Crippen LogP contribution in [0.15, 0.2) is 0 Å². The van der Waals surface area contributed by atoms with Gasteiger partial charge in [-0.2, -0.15) is 0 Å². The lowest BCUT2D eigenvalue weighted by molar-refractivity contribution is -0.139. The Hall–Kier alpha value is -1.83. The first kappa shape index (κ1) is 15.2. The van der Waals surface area contributed by atoms with Gasteiger partial charge in [0.15, 0.2) is 0 Å². The number of ether oxygens (including phenoxy) is 1. The smallest absolute Gasteiger partial charge is 0.408 e. The van der Waals surface area contributed by atoms with E-state index in [2.05, 4.69) is 5.32 Å². The first-order chi connectivity index (χ1) is 7.65. The fourth-order valence-electron chi connectivity index (χ4n) is 0.900. The largest absolute Gasteiger partial charge is 0.480 e. The van der Waals surface area contributed by atoms with Crippen LogP contribution in [-0.2, 0) is 9.53 Å². The fraction of sp³-hybridized carbons (Fsp3) is 0.667. The number of aliphatic carboxylic acids is 1. The van der Waals surface area contributed by atoms with E-state index in [1.165, 1.54) is 5.48 Å². The molecule has 0 aromatic carbocycles. The highest BCUT2D eigenvalue weighted by Gasteiger charge is 2.24. The summed E-state index contributed by atoms with van der Waals surface area (Å²) in [6.45, 7) is 4.92. The molecule has 0 heterocycles. The molecule has 0 aromatic rings. The normalized spacial score (nSPS) is 12.5. The molecule has 98 valence electrons. The van der Waals surface area contributed by atoms with Gasteiger partial charge in [0.25, 0.3) is 0 Å². The molecule has 0 radical (unpaired) electrons. The molecule has 0 saturated carbocycles. The molecule has 0 aromatic heterocycles. The zero-order valence-corrected chi connectivity index (χ0v) is 9.90. The van der Waals surface area contributed by atoms with E-state index >= 15 is 0 Å². The van der Waals surface area contributed by atoms with Gasteiger partial charge in [-0.1, -0.05) is 0 Å². The van der Waals surface area contributed by atoms with Crippen LogP contribution in [0.3, 0.4) is 0 Å². The van der Waals surface area contributed by atoms with Crippen LogP contribution < -0.4 is 10.8 Å². The Morgan fingerprint density at radius 3 is 2.29 bits per heavy atom. The minimum Gasteiger partial charge on any atom is -0.480 e. The topological polar surface area (TPSA) is 132 Å². The number of amidine groups is 1. The van der Waals surface area contributed by atoms with Gasteiger partial charge in [-0.3, -0.25) is 16.1 Å². The maximum absolute atomic E-state index is 11.3. The zero-order chi connectivity index (χ0) is 13.6. The number of hydrogen-bond acceptors (Lipinski definition) is 5. The molecule has 1 unspecified atom stereocenters. The highest BCUT2D eigenvalue weighted by molar-refractivity contribution is 5.87. The van der Waals surface area contributed by atoms with E-state index in [1.54, 1.807) is 20.8 Å². The number of nitrogens with one attached hydrogen (secondary N) is 3. The van der Waals surface area contributed by atoms with Crippen molar-refractivity contribution in [2.75, 3.05) is 0 Å². The van der Waals surface area contributed by atoms with Crippen molar-refractivity contribution >= 4 is 17.9 Å². The van der Waals surface area contributed by atoms with E-state index in [1.807, 2.05) is 0 Å². The minimum atomic E-state index is -1.34. The first-order valence-electron chi connectivity index (χ1n) is 4.85.